The summed E-state index contributed by atoms with van der Waals surface area (Å²) in [6, 6.07) is 0. The molecule has 0 unspecified atom stereocenters. The van der Waals surface area contributed by atoms with Gasteiger partial charge in [-0.1, -0.05) is 17.7 Å². The molecule has 0 heterocycles. The molecule has 0 aromatic heterocycles. The van der Waals surface area contributed by atoms with Crippen LogP contribution >= 0.6 is 0 Å². The molecule has 0 fully saturated rings. The Labute approximate surface area is 85.6 Å². The fourth-order valence-corrected chi connectivity index (χ4v) is 1.94. The average Bonchev–Trinajstić information content (AvgIpc) is 2.43. The van der Waals surface area contributed by atoms with E-state index in [-0.39, 0.29) is 5.97 Å². The van der Waals surface area contributed by atoms with Crippen LogP contribution in [0.2, 0.25) is 0 Å². The van der Waals surface area contributed by atoms with Crippen LogP contribution in [0.4, 0.5) is 0 Å². The van der Waals surface area contributed by atoms with E-state index in [1.165, 1.54) is 23.6 Å². The van der Waals surface area contributed by atoms with Crippen LogP contribution in [0.1, 0.15) is 33.6 Å². The molecule has 1 aliphatic carbocycles. The van der Waals surface area contributed by atoms with E-state index < -0.39 is 0 Å². The summed E-state index contributed by atoms with van der Waals surface area (Å²) in [6.45, 7) is 10.0. The van der Waals surface area contributed by atoms with Crippen molar-refractivity contribution in [3.05, 3.63) is 23.3 Å². The zero-order chi connectivity index (χ0) is 10.7. The van der Waals surface area contributed by atoms with Crippen molar-refractivity contribution < 1.29 is 9.53 Å². The maximum absolute atomic E-state index is 10.7. The summed E-state index contributed by atoms with van der Waals surface area (Å²) in [7, 11) is 0. The molecule has 0 radical (unpaired) electrons. The quantitative estimate of drug-likeness (QED) is 0.510. The van der Waals surface area contributed by atoms with E-state index in [9.17, 15) is 4.79 Å². The van der Waals surface area contributed by atoms with Crippen LogP contribution in [0.5, 0.6) is 0 Å². The number of ether oxygens (including phenoxy) is 1. The third-order valence-electron chi connectivity index (χ3n) is 2.80. The summed E-state index contributed by atoms with van der Waals surface area (Å²) < 4.78 is 5.04. The van der Waals surface area contributed by atoms with Gasteiger partial charge in [-0.15, -0.1) is 0 Å². The minimum atomic E-state index is -0.210. The van der Waals surface area contributed by atoms with E-state index >= 15 is 0 Å². The van der Waals surface area contributed by atoms with Crippen molar-refractivity contribution in [3.63, 3.8) is 0 Å². The second kappa shape index (κ2) is 4.45. The molecule has 0 spiro atoms. The lowest BCUT2D eigenvalue weighted by Gasteiger charge is -2.15. The second-order valence-electron chi connectivity index (χ2n) is 4.02. The topological polar surface area (TPSA) is 26.3 Å². The van der Waals surface area contributed by atoms with E-state index in [0.717, 1.165) is 12.8 Å². The zero-order valence-electron chi connectivity index (χ0n) is 9.22. The summed E-state index contributed by atoms with van der Waals surface area (Å²) >= 11 is 0. The van der Waals surface area contributed by atoms with Crippen molar-refractivity contribution in [1.82, 2.24) is 0 Å². The molecule has 0 saturated carbocycles. The monoisotopic (exact) mass is 194 g/mol. The third-order valence-corrected chi connectivity index (χ3v) is 2.80. The molecule has 2 nitrogen and oxygen atoms in total. The van der Waals surface area contributed by atoms with E-state index in [0.29, 0.717) is 12.5 Å². The highest BCUT2D eigenvalue weighted by molar-refractivity contribution is 5.66. The highest BCUT2D eigenvalue weighted by atomic mass is 16.5. The first-order valence-corrected chi connectivity index (χ1v) is 4.99. The van der Waals surface area contributed by atoms with E-state index in [2.05, 4.69) is 13.5 Å². The van der Waals surface area contributed by atoms with Gasteiger partial charge in [0.25, 0.3) is 0 Å². The molecule has 1 rings (SSSR count). The fraction of sp³-hybridized carbons (Fsp3) is 0.583. The van der Waals surface area contributed by atoms with Gasteiger partial charge in [0.15, 0.2) is 0 Å². The molecular weight excluding hydrogens is 176 g/mol. The smallest absolute Gasteiger partial charge is 0.302 e. The lowest BCUT2D eigenvalue weighted by atomic mass is 9.95. The van der Waals surface area contributed by atoms with Crippen molar-refractivity contribution in [1.29, 1.82) is 0 Å². The van der Waals surface area contributed by atoms with E-state index in [1.54, 1.807) is 0 Å². The van der Waals surface area contributed by atoms with Gasteiger partial charge in [-0.05, 0) is 32.3 Å². The predicted octanol–water partition coefficient (Wildman–Crippen LogP) is 2.85. The Morgan fingerprint density at radius 1 is 1.57 bits per heavy atom. The molecule has 14 heavy (non-hydrogen) atoms. The number of esters is 1. The molecule has 78 valence electrons. The minimum Gasteiger partial charge on any atom is -0.461 e. The van der Waals surface area contributed by atoms with Gasteiger partial charge in [0.05, 0.1) is 0 Å². The largest absolute Gasteiger partial charge is 0.461 e. The highest BCUT2D eigenvalue weighted by Gasteiger charge is 2.24. The van der Waals surface area contributed by atoms with Crippen molar-refractivity contribution >= 4 is 5.97 Å². The SMILES string of the molecule is C=C(C)[C@@H]1CCC(C)=C1COC(C)=O. The van der Waals surface area contributed by atoms with Crippen LogP contribution in [-0.4, -0.2) is 12.6 Å². The van der Waals surface area contributed by atoms with E-state index in [1.807, 2.05) is 6.92 Å². The summed E-state index contributed by atoms with van der Waals surface area (Å²) in [4.78, 5) is 10.7. The average molecular weight is 194 g/mol. The van der Waals surface area contributed by atoms with Gasteiger partial charge in [-0.25, -0.2) is 0 Å². The maximum atomic E-state index is 10.7. The van der Waals surface area contributed by atoms with Crippen LogP contribution in [0.15, 0.2) is 23.3 Å². The Bertz CT molecular complexity index is 287. The van der Waals surface area contributed by atoms with Crippen LogP contribution in [0.3, 0.4) is 0 Å². The van der Waals surface area contributed by atoms with Crippen molar-refractivity contribution in [3.8, 4) is 0 Å². The molecule has 0 N–H and O–H groups in total. The number of hydrogen-bond donors (Lipinski definition) is 0. The van der Waals surface area contributed by atoms with Gasteiger partial charge >= 0.3 is 5.97 Å². The zero-order valence-corrected chi connectivity index (χ0v) is 9.22. The first-order chi connectivity index (χ1) is 6.52. The second-order valence-corrected chi connectivity index (χ2v) is 4.02. The lowest BCUT2D eigenvalue weighted by Crippen LogP contribution is -2.10. The highest BCUT2D eigenvalue weighted by Crippen LogP contribution is 2.35. The molecule has 2 heteroatoms. The first kappa shape index (κ1) is 11.0. The van der Waals surface area contributed by atoms with Crippen LogP contribution in [0.25, 0.3) is 0 Å². The third kappa shape index (κ3) is 2.47. The summed E-state index contributed by atoms with van der Waals surface area (Å²) in [5, 5.41) is 0. The molecular formula is C12H18O2. The molecule has 0 saturated heterocycles. The van der Waals surface area contributed by atoms with Gasteiger partial charge in [-0.2, -0.15) is 0 Å². The van der Waals surface area contributed by atoms with Gasteiger partial charge < -0.3 is 4.74 Å². The van der Waals surface area contributed by atoms with E-state index in [4.69, 9.17) is 4.74 Å². The number of carbonyl (C=O) groups is 1. The summed E-state index contributed by atoms with van der Waals surface area (Å²) in [5.74, 6) is 0.215. The van der Waals surface area contributed by atoms with Crippen LogP contribution in [-0.2, 0) is 9.53 Å². The Morgan fingerprint density at radius 3 is 2.71 bits per heavy atom. The van der Waals surface area contributed by atoms with Gasteiger partial charge in [0.1, 0.15) is 6.61 Å². The van der Waals surface area contributed by atoms with Crippen LogP contribution < -0.4 is 0 Å². The fourth-order valence-electron chi connectivity index (χ4n) is 1.94. The molecule has 1 atom stereocenters. The number of allylic oxidation sites excluding steroid dienone is 2. The molecule has 0 aromatic carbocycles. The standard InChI is InChI=1S/C12H18O2/c1-8(2)11-6-5-9(3)12(11)7-14-10(4)13/h11H,1,5-7H2,2-4H3/t11-/m0/s1. The maximum Gasteiger partial charge on any atom is 0.302 e. The Hall–Kier alpha value is -1.05. The van der Waals surface area contributed by atoms with Crippen molar-refractivity contribution in [2.24, 2.45) is 5.92 Å². The molecule has 0 amide bonds. The Balaban J connectivity index is 2.67. The number of rotatable bonds is 3. The van der Waals surface area contributed by atoms with Crippen LogP contribution in [0, 0.1) is 5.92 Å². The van der Waals surface area contributed by atoms with Gasteiger partial charge in [0, 0.05) is 12.8 Å². The summed E-state index contributed by atoms with van der Waals surface area (Å²) in [5.41, 5.74) is 3.79. The Morgan fingerprint density at radius 2 is 2.21 bits per heavy atom. The molecule has 0 bridgehead atoms. The molecule has 0 aliphatic heterocycles. The minimum absolute atomic E-state index is 0.210. The Kier molecular flexibility index (Phi) is 3.50. The molecule has 1 aliphatic rings. The lowest BCUT2D eigenvalue weighted by molar-refractivity contribution is -0.140. The van der Waals surface area contributed by atoms with Gasteiger partial charge in [0.2, 0.25) is 0 Å². The first-order valence-electron chi connectivity index (χ1n) is 4.99. The normalized spacial score (nSPS) is 21.2. The van der Waals surface area contributed by atoms with Crippen molar-refractivity contribution in [2.75, 3.05) is 6.61 Å². The van der Waals surface area contributed by atoms with Gasteiger partial charge in [-0.3, -0.25) is 4.79 Å². The molecule has 0 aromatic rings. The predicted molar refractivity (Wildman–Crippen MR) is 56.9 cm³/mol. The summed E-state index contributed by atoms with van der Waals surface area (Å²) in [6.07, 6.45) is 2.23. The van der Waals surface area contributed by atoms with Crippen molar-refractivity contribution in [2.45, 2.75) is 33.6 Å². The number of carbonyl (C=O) groups excluding carboxylic acids is 1. The number of hydrogen-bond acceptors (Lipinski definition) is 2.